The summed E-state index contributed by atoms with van der Waals surface area (Å²) in [6.45, 7) is 9.03. The van der Waals surface area contributed by atoms with Gasteiger partial charge in [0.15, 0.2) is 0 Å². The molecule has 0 saturated heterocycles. The molecule has 0 fully saturated rings. The number of ether oxygens (including phenoxy) is 1. The average molecular weight is 394 g/mol. The van der Waals surface area contributed by atoms with Crippen molar-refractivity contribution in [3.05, 3.63) is 64.2 Å². The summed E-state index contributed by atoms with van der Waals surface area (Å²) in [5.41, 5.74) is 6.88. The van der Waals surface area contributed by atoms with Gasteiger partial charge in [-0.05, 0) is 31.4 Å². The maximum atomic E-state index is 12.1. The number of rotatable bonds is 5. The van der Waals surface area contributed by atoms with E-state index in [-0.39, 0.29) is 0 Å². The molecule has 1 aromatic carbocycles. The monoisotopic (exact) mass is 393 g/mol. The summed E-state index contributed by atoms with van der Waals surface area (Å²) in [7, 11) is 0. The molecule has 4 nitrogen and oxygen atoms in total. The van der Waals surface area contributed by atoms with Crippen molar-refractivity contribution in [2.45, 2.75) is 39.2 Å². The zero-order valence-electron chi connectivity index (χ0n) is 16.1. The van der Waals surface area contributed by atoms with E-state index in [0.717, 1.165) is 51.2 Å². The van der Waals surface area contributed by atoms with E-state index in [9.17, 15) is 9.90 Å². The minimum absolute atomic E-state index is 0.371. The third kappa shape index (κ3) is 3.15. The van der Waals surface area contributed by atoms with Crippen LogP contribution in [0.5, 0.6) is 0 Å². The van der Waals surface area contributed by atoms with E-state index < -0.39 is 11.9 Å². The Kier molecular flexibility index (Phi) is 5.04. The maximum Gasteiger partial charge on any atom is 0.311 e. The number of allylic oxidation sites excluding steroid dienone is 1. The van der Waals surface area contributed by atoms with Crippen LogP contribution in [0.1, 0.15) is 39.6 Å². The lowest BCUT2D eigenvalue weighted by Gasteiger charge is -2.19. The number of carboxylic acid groups (broad SMARTS) is 1. The van der Waals surface area contributed by atoms with Crippen LogP contribution in [-0.2, 0) is 22.6 Å². The average Bonchev–Trinajstić information content (AvgIpc) is 3.04. The van der Waals surface area contributed by atoms with Crippen molar-refractivity contribution in [2.75, 3.05) is 6.61 Å². The molecular weight excluding hydrogens is 370 g/mol. The molecule has 0 saturated carbocycles. The molecule has 1 aliphatic rings. The van der Waals surface area contributed by atoms with E-state index in [1.54, 1.807) is 17.4 Å². The number of aromatic nitrogens is 1. The molecule has 0 radical (unpaired) electrons. The normalized spacial score (nSPS) is 14.6. The van der Waals surface area contributed by atoms with Crippen LogP contribution in [-0.4, -0.2) is 22.7 Å². The minimum Gasteiger partial charge on any atom is -0.481 e. The van der Waals surface area contributed by atoms with E-state index in [1.165, 1.54) is 10.4 Å². The van der Waals surface area contributed by atoms with E-state index in [0.29, 0.717) is 13.0 Å². The second-order valence-electron chi connectivity index (χ2n) is 7.25. The fraction of sp³-hybridized carbons (Fsp3) is 0.304. The Labute approximate surface area is 168 Å². The molecule has 0 amide bonds. The van der Waals surface area contributed by atoms with Crippen molar-refractivity contribution in [1.29, 1.82) is 0 Å². The Bertz CT molecular complexity index is 1070. The fourth-order valence-electron chi connectivity index (χ4n) is 3.95. The van der Waals surface area contributed by atoms with Crippen LogP contribution in [0.2, 0.25) is 0 Å². The second kappa shape index (κ2) is 7.49. The molecule has 5 heteroatoms. The highest BCUT2D eigenvalue weighted by molar-refractivity contribution is 7.19. The molecule has 4 rings (SSSR count). The predicted octanol–water partition coefficient (Wildman–Crippen LogP) is 5.40. The van der Waals surface area contributed by atoms with Gasteiger partial charge in [-0.3, -0.25) is 9.78 Å². The number of aliphatic carboxylic acids is 1. The number of nitrogens with zero attached hydrogens (tertiary/aromatic N) is 1. The highest BCUT2D eigenvalue weighted by Crippen LogP contribution is 2.44. The van der Waals surface area contributed by atoms with E-state index in [4.69, 9.17) is 9.72 Å². The number of thiophene rings is 1. The highest BCUT2D eigenvalue weighted by atomic mass is 32.1. The van der Waals surface area contributed by atoms with Crippen molar-refractivity contribution < 1.29 is 14.6 Å². The van der Waals surface area contributed by atoms with Crippen LogP contribution < -0.4 is 0 Å². The van der Waals surface area contributed by atoms with Gasteiger partial charge in [-0.1, -0.05) is 35.9 Å². The van der Waals surface area contributed by atoms with Gasteiger partial charge < -0.3 is 9.84 Å². The molecule has 3 aromatic rings. The van der Waals surface area contributed by atoms with Gasteiger partial charge in [0.2, 0.25) is 0 Å². The predicted molar refractivity (Wildman–Crippen MR) is 113 cm³/mol. The summed E-state index contributed by atoms with van der Waals surface area (Å²) in [4.78, 5) is 18.3. The molecule has 144 valence electrons. The largest absolute Gasteiger partial charge is 0.481 e. The third-order valence-electron chi connectivity index (χ3n) is 5.34. The molecule has 1 unspecified atom stereocenters. The van der Waals surface area contributed by atoms with Gasteiger partial charge in [0.05, 0.1) is 29.3 Å². The number of fused-ring (bicyclic) bond motifs is 3. The molecule has 2 aromatic heterocycles. The van der Waals surface area contributed by atoms with Gasteiger partial charge in [0.1, 0.15) is 0 Å². The number of pyridine rings is 1. The summed E-state index contributed by atoms with van der Waals surface area (Å²) in [6.07, 6.45) is 2.93. The number of carboxylic acids is 1. The first-order chi connectivity index (χ1) is 13.5. The standard InChI is InChI=1S/C23H23NO3S/c1-4-5-16(23(25)26)19-14(3)24-21-17-12-27-11-10-18(17)28-22(21)20(19)15-8-6-13(2)7-9-15/h4,6-9,16H,1,5,10-12H2,2-3H3,(H,25,26). The zero-order valence-corrected chi connectivity index (χ0v) is 16.9. The van der Waals surface area contributed by atoms with Gasteiger partial charge >= 0.3 is 5.97 Å². The Morgan fingerprint density at radius 1 is 1.36 bits per heavy atom. The van der Waals surface area contributed by atoms with Crippen molar-refractivity contribution >= 4 is 27.5 Å². The van der Waals surface area contributed by atoms with Crippen LogP contribution in [0.4, 0.5) is 0 Å². The lowest BCUT2D eigenvalue weighted by molar-refractivity contribution is -0.138. The maximum absolute atomic E-state index is 12.1. The van der Waals surface area contributed by atoms with Gasteiger partial charge in [-0.2, -0.15) is 0 Å². The van der Waals surface area contributed by atoms with Crippen molar-refractivity contribution in [3.8, 4) is 11.1 Å². The third-order valence-corrected chi connectivity index (χ3v) is 6.64. The molecule has 0 bridgehead atoms. The minimum atomic E-state index is -0.845. The molecule has 1 aliphatic heterocycles. The zero-order chi connectivity index (χ0) is 19.8. The van der Waals surface area contributed by atoms with Crippen LogP contribution in [0.25, 0.3) is 21.3 Å². The van der Waals surface area contributed by atoms with Crippen LogP contribution in [0.15, 0.2) is 36.9 Å². The topological polar surface area (TPSA) is 59.4 Å². The first-order valence-corrected chi connectivity index (χ1v) is 10.3. The van der Waals surface area contributed by atoms with Crippen LogP contribution in [0, 0.1) is 13.8 Å². The summed E-state index contributed by atoms with van der Waals surface area (Å²) < 4.78 is 6.74. The van der Waals surface area contributed by atoms with E-state index >= 15 is 0 Å². The van der Waals surface area contributed by atoms with Crippen molar-refractivity contribution in [1.82, 2.24) is 4.98 Å². The Morgan fingerprint density at radius 3 is 2.79 bits per heavy atom. The SMILES string of the molecule is C=CCC(C(=O)O)c1c(C)nc2c3c(sc2c1-c1ccc(C)cc1)CCOC3. The number of aryl methyl sites for hydroxylation is 2. The number of benzene rings is 1. The quantitative estimate of drug-likeness (QED) is 0.590. The first-order valence-electron chi connectivity index (χ1n) is 9.44. The highest BCUT2D eigenvalue weighted by Gasteiger charge is 2.29. The summed E-state index contributed by atoms with van der Waals surface area (Å²) in [6, 6.07) is 8.30. The van der Waals surface area contributed by atoms with E-state index in [2.05, 4.69) is 37.8 Å². The van der Waals surface area contributed by atoms with Gasteiger partial charge in [0.25, 0.3) is 0 Å². The second-order valence-corrected chi connectivity index (χ2v) is 8.36. The molecule has 1 N–H and O–H groups in total. The molecule has 1 atom stereocenters. The molecular formula is C23H23NO3S. The smallest absolute Gasteiger partial charge is 0.311 e. The Balaban J connectivity index is 2.08. The fourth-order valence-corrected chi connectivity index (χ4v) is 5.26. The number of carbonyl (C=O) groups is 1. The lowest BCUT2D eigenvalue weighted by Crippen LogP contribution is -2.15. The molecule has 3 heterocycles. The van der Waals surface area contributed by atoms with Crippen LogP contribution >= 0.6 is 11.3 Å². The molecule has 0 aliphatic carbocycles. The van der Waals surface area contributed by atoms with Gasteiger partial charge in [-0.25, -0.2) is 0 Å². The molecule has 28 heavy (non-hydrogen) atoms. The summed E-state index contributed by atoms with van der Waals surface area (Å²) in [5.74, 6) is -1.51. The first kappa shape index (κ1) is 18.8. The van der Waals surface area contributed by atoms with Crippen molar-refractivity contribution in [2.24, 2.45) is 0 Å². The molecule has 0 spiro atoms. The lowest BCUT2D eigenvalue weighted by atomic mass is 9.87. The van der Waals surface area contributed by atoms with E-state index in [1.807, 2.05) is 6.92 Å². The number of hydrogen-bond acceptors (Lipinski definition) is 4. The van der Waals surface area contributed by atoms with Gasteiger partial charge in [0, 0.05) is 28.1 Å². The Morgan fingerprint density at radius 2 is 2.11 bits per heavy atom. The van der Waals surface area contributed by atoms with Gasteiger partial charge in [-0.15, -0.1) is 17.9 Å². The summed E-state index contributed by atoms with van der Waals surface area (Å²) in [5, 5.41) is 9.94. The Hall–Kier alpha value is -2.50. The van der Waals surface area contributed by atoms with Crippen LogP contribution in [0.3, 0.4) is 0 Å². The van der Waals surface area contributed by atoms with Crippen molar-refractivity contribution in [3.63, 3.8) is 0 Å². The summed E-state index contributed by atoms with van der Waals surface area (Å²) >= 11 is 1.73. The number of hydrogen-bond donors (Lipinski definition) is 1.